The second kappa shape index (κ2) is 6.63. The van der Waals surface area contributed by atoms with Gasteiger partial charge in [-0.2, -0.15) is 0 Å². The van der Waals surface area contributed by atoms with Crippen molar-refractivity contribution < 1.29 is 15.0 Å². The molecule has 0 radical (unpaired) electrons. The highest BCUT2D eigenvalue weighted by atomic mass is 16.3. The molecule has 88 valence electrons. The first-order valence-electron chi connectivity index (χ1n) is 5.55. The molecule has 1 rings (SSSR count). The number of urea groups is 1. The number of carbonyl (C=O) groups excluding carboxylic acids is 1. The molecule has 15 heavy (non-hydrogen) atoms. The summed E-state index contributed by atoms with van der Waals surface area (Å²) in [7, 11) is 0. The van der Waals surface area contributed by atoms with Gasteiger partial charge in [-0.25, -0.2) is 4.79 Å². The van der Waals surface area contributed by atoms with Gasteiger partial charge in [-0.05, 0) is 12.8 Å². The SMILES string of the molecule is O=C(NC[C@H](O)CO)NC1CCCCC1. The van der Waals surface area contributed by atoms with E-state index in [1.807, 2.05) is 0 Å². The maximum absolute atomic E-state index is 11.3. The molecule has 0 aromatic rings. The summed E-state index contributed by atoms with van der Waals surface area (Å²) in [5.41, 5.74) is 0. The molecular formula is C10H20N2O3. The fourth-order valence-corrected chi connectivity index (χ4v) is 1.76. The number of carbonyl (C=O) groups is 1. The highest BCUT2D eigenvalue weighted by molar-refractivity contribution is 5.74. The second-order valence-corrected chi connectivity index (χ2v) is 4.03. The fraction of sp³-hybridized carbons (Fsp3) is 0.900. The molecule has 1 fully saturated rings. The Bertz CT molecular complexity index is 193. The Labute approximate surface area is 89.9 Å². The molecule has 0 spiro atoms. The molecule has 1 saturated carbocycles. The van der Waals surface area contributed by atoms with Gasteiger partial charge in [0.15, 0.2) is 0 Å². The molecule has 2 amide bonds. The zero-order chi connectivity index (χ0) is 11.1. The van der Waals surface area contributed by atoms with Gasteiger partial charge in [-0.1, -0.05) is 19.3 Å². The van der Waals surface area contributed by atoms with E-state index in [9.17, 15) is 4.79 Å². The standard InChI is InChI=1S/C10H20N2O3/c13-7-9(14)6-11-10(15)12-8-4-2-1-3-5-8/h8-9,13-14H,1-7H2,(H2,11,12,15)/t9-/m0/s1. The van der Waals surface area contributed by atoms with Gasteiger partial charge < -0.3 is 20.8 Å². The summed E-state index contributed by atoms with van der Waals surface area (Å²) in [6.07, 6.45) is 4.80. The van der Waals surface area contributed by atoms with Crippen molar-refractivity contribution in [2.45, 2.75) is 44.2 Å². The minimum absolute atomic E-state index is 0.0923. The molecule has 5 heteroatoms. The van der Waals surface area contributed by atoms with Crippen LogP contribution >= 0.6 is 0 Å². The maximum Gasteiger partial charge on any atom is 0.315 e. The molecule has 5 nitrogen and oxygen atoms in total. The average Bonchev–Trinajstić information content (AvgIpc) is 2.27. The van der Waals surface area contributed by atoms with E-state index in [0.717, 1.165) is 12.8 Å². The van der Waals surface area contributed by atoms with Crippen molar-refractivity contribution in [3.8, 4) is 0 Å². The van der Waals surface area contributed by atoms with Crippen LogP contribution in [0, 0.1) is 0 Å². The van der Waals surface area contributed by atoms with Crippen LogP contribution in [0.2, 0.25) is 0 Å². The topological polar surface area (TPSA) is 81.6 Å². The van der Waals surface area contributed by atoms with Gasteiger partial charge in [0.05, 0.1) is 12.7 Å². The predicted octanol–water partition coefficient (Wildman–Crippen LogP) is -0.0285. The summed E-state index contributed by atoms with van der Waals surface area (Å²) in [6.45, 7) is -0.237. The van der Waals surface area contributed by atoms with Crippen molar-refractivity contribution >= 4 is 6.03 Å². The number of aliphatic hydroxyl groups excluding tert-OH is 2. The molecule has 0 bridgehead atoms. The van der Waals surface area contributed by atoms with Gasteiger partial charge in [0.25, 0.3) is 0 Å². The zero-order valence-electron chi connectivity index (χ0n) is 8.91. The van der Waals surface area contributed by atoms with Crippen LogP contribution in [0.3, 0.4) is 0 Å². The highest BCUT2D eigenvalue weighted by Crippen LogP contribution is 2.16. The summed E-state index contributed by atoms with van der Waals surface area (Å²) in [6, 6.07) is 0.0134. The Morgan fingerprint density at radius 3 is 2.60 bits per heavy atom. The van der Waals surface area contributed by atoms with E-state index in [1.165, 1.54) is 19.3 Å². The lowest BCUT2D eigenvalue weighted by Gasteiger charge is -2.23. The van der Waals surface area contributed by atoms with E-state index >= 15 is 0 Å². The smallest absolute Gasteiger partial charge is 0.315 e. The first-order chi connectivity index (χ1) is 7.22. The Morgan fingerprint density at radius 2 is 2.00 bits per heavy atom. The Balaban J connectivity index is 2.11. The average molecular weight is 216 g/mol. The fourth-order valence-electron chi connectivity index (χ4n) is 1.76. The van der Waals surface area contributed by atoms with Crippen LogP contribution < -0.4 is 10.6 Å². The summed E-state index contributed by atoms with van der Waals surface area (Å²) < 4.78 is 0. The van der Waals surface area contributed by atoms with Gasteiger partial charge in [0, 0.05) is 12.6 Å². The third-order valence-corrected chi connectivity index (χ3v) is 2.65. The minimum atomic E-state index is -0.873. The van der Waals surface area contributed by atoms with Crippen molar-refractivity contribution in [1.82, 2.24) is 10.6 Å². The van der Waals surface area contributed by atoms with Crippen LogP contribution in [0.1, 0.15) is 32.1 Å². The molecule has 0 heterocycles. The highest BCUT2D eigenvalue weighted by Gasteiger charge is 2.15. The van der Waals surface area contributed by atoms with Crippen molar-refractivity contribution in [2.24, 2.45) is 0 Å². The van der Waals surface area contributed by atoms with E-state index < -0.39 is 6.10 Å². The summed E-state index contributed by atoms with van der Waals surface area (Å²) in [5, 5.41) is 22.9. The van der Waals surface area contributed by atoms with E-state index in [0.29, 0.717) is 0 Å². The first kappa shape index (κ1) is 12.3. The molecule has 0 aromatic heterocycles. The number of hydrogen-bond donors (Lipinski definition) is 4. The van der Waals surface area contributed by atoms with Gasteiger partial charge in [0.1, 0.15) is 0 Å². The number of nitrogens with one attached hydrogen (secondary N) is 2. The van der Waals surface area contributed by atoms with Gasteiger partial charge in [-0.15, -0.1) is 0 Å². The van der Waals surface area contributed by atoms with E-state index in [2.05, 4.69) is 10.6 Å². The third-order valence-electron chi connectivity index (χ3n) is 2.65. The van der Waals surface area contributed by atoms with Crippen LogP contribution in [-0.2, 0) is 0 Å². The molecule has 0 aliphatic heterocycles. The monoisotopic (exact) mass is 216 g/mol. The lowest BCUT2D eigenvalue weighted by molar-refractivity contribution is 0.0957. The molecule has 4 N–H and O–H groups in total. The van der Waals surface area contributed by atoms with Crippen molar-refractivity contribution in [2.75, 3.05) is 13.2 Å². The minimum Gasteiger partial charge on any atom is -0.394 e. The zero-order valence-corrected chi connectivity index (χ0v) is 8.91. The number of aliphatic hydroxyl groups is 2. The van der Waals surface area contributed by atoms with Crippen LogP contribution in [0.15, 0.2) is 0 Å². The van der Waals surface area contributed by atoms with Gasteiger partial charge >= 0.3 is 6.03 Å². The normalized spacial score (nSPS) is 19.6. The lowest BCUT2D eigenvalue weighted by atomic mass is 9.96. The largest absolute Gasteiger partial charge is 0.394 e. The van der Waals surface area contributed by atoms with Crippen molar-refractivity contribution in [1.29, 1.82) is 0 Å². The lowest BCUT2D eigenvalue weighted by Crippen LogP contribution is -2.45. The Morgan fingerprint density at radius 1 is 1.33 bits per heavy atom. The molecule has 0 saturated heterocycles. The first-order valence-corrected chi connectivity index (χ1v) is 5.55. The van der Waals surface area contributed by atoms with Crippen LogP contribution in [0.5, 0.6) is 0 Å². The number of amides is 2. The van der Waals surface area contributed by atoms with Gasteiger partial charge in [-0.3, -0.25) is 0 Å². The van der Waals surface area contributed by atoms with E-state index in [1.54, 1.807) is 0 Å². The number of rotatable bonds is 4. The third kappa shape index (κ3) is 4.99. The van der Waals surface area contributed by atoms with Crippen LogP contribution in [-0.4, -0.2) is 41.5 Å². The predicted molar refractivity (Wildman–Crippen MR) is 56.5 cm³/mol. The molecule has 0 aromatic carbocycles. The molecule has 1 atom stereocenters. The van der Waals surface area contributed by atoms with E-state index in [-0.39, 0.29) is 25.2 Å². The molecule has 1 aliphatic carbocycles. The Kier molecular flexibility index (Phi) is 5.42. The quantitative estimate of drug-likeness (QED) is 0.533. The summed E-state index contributed by atoms with van der Waals surface area (Å²) >= 11 is 0. The molecule has 1 aliphatic rings. The molecule has 0 unspecified atom stereocenters. The Hall–Kier alpha value is -0.810. The summed E-state index contributed by atoms with van der Waals surface area (Å²) in [4.78, 5) is 11.3. The second-order valence-electron chi connectivity index (χ2n) is 4.03. The van der Waals surface area contributed by atoms with Crippen molar-refractivity contribution in [3.05, 3.63) is 0 Å². The summed E-state index contributed by atoms with van der Waals surface area (Å²) in [5.74, 6) is 0. The van der Waals surface area contributed by atoms with Gasteiger partial charge in [0.2, 0.25) is 0 Å². The molecular weight excluding hydrogens is 196 g/mol. The van der Waals surface area contributed by atoms with Crippen molar-refractivity contribution in [3.63, 3.8) is 0 Å². The number of hydrogen-bond acceptors (Lipinski definition) is 3. The van der Waals surface area contributed by atoms with Crippen LogP contribution in [0.4, 0.5) is 4.79 Å². The van der Waals surface area contributed by atoms with E-state index in [4.69, 9.17) is 10.2 Å². The maximum atomic E-state index is 11.3. The van der Waals surface area contributed by atoms with Crippen LogP contribution in [0.25, 0.3) is 0 Å².